The molecule has 0 saturated carbocycles. The van der Waals surface area contributed by atoms with Crippen LogP contribution in [0.2, 0.25) is 5.02 Å². The second-order valence-corrected chi connectivity index (χ2v) is 6.54. The third-order valence-corrected chi connectivity index (χ3v) is 4.70. The van der Waals surface area contributed by atoms with Crippen LogP contribution in [-0.2, 0) is 0 Å². The maximum atomic E-state index is 13.0. The van der Waals surface area contributed by atoms with E-state index in [1.165, 1.54) is 0 Å². The van der Waals surface area contributed by atoms with Crippen LogP contribution in [0.1, 0.15) is 23.2 Å². The Balaban J connectivity index is 1.66. The van der Waals surface area contributed by atoms with Crippen molar-refractivity contribution in [2.75, 3.05) is 27.3 Å². The average Bonchev–Trinajstić information content (AvgIpc) is 2.67. The molecule has 1 heterocycles. The van der Waals surface area contributed by atoms with E-state index >= 15 is 0 Å². The molecule has 3 rings (SSSR count). The molecule has 0 radical (unpaired) electrons. The molecule has 0 atom stereocenters. The van der Waals surface area contributed by atoms with Crippen molar-refractivity contribution in [1.29, 1.82) is 0 Å². The van der Waals surface area contributed by atoms with Gasteiger partial charge < -0.3 is 19.1 Å². The summed E-state index contributed by atoms with van der Waals surface area (Å²) in [4.78, 5) is 14.8. The lowest BCUT2D eigenvalue weighted by Gasteiger charge is -2.32. The van der Waals surface area contributed by atoms with Crippen LogP contribution in [0.25, 0.3) is 0 Å². The van der Waals surface area contributed by atoms with Crippen LogP contribution in [0.3, 0.4) is 0 Å². The Bertz CT molecular complexity index is 750. The fourth-order valence-corrected chi connectivity index (χ4v) is 3.31. The number of halogens is 1. The van der Waals surface area contributed by atoms with E-state index < -0.39 is 0 Å². The minimum absolute atomic E-state index is 0.0667. The zero-order chi connectivity index (χ0) is 18.5. The molecule has 138 valence electrons. The van der Waals surface area contributed by atoms with E-state index in [-0.39, 0.29) is 12.0 Å². The Morgan fingerprint density at radius 3 is 2.23 bits per heavy atom. The van der Waals surface area contributed by atoms with Gasteiger partial charge in [-0.3, -0.25) is 4.79 Å². The van der Waals surface area contributed by atoms with Gasteiger partial charge in [-0.05, 0) is 30.3 Å². The Kier molecular flexibility index (Phi) is 5.89. The summed E-state index contributed by atoms with van der Waals surface area (Å²) in [7, 11) is 3.10. The molecule has 1 aliphatic rings. The standard InChI is InChI=1S/C20H22ClNO4/c1-24-17-7-4-8-18(25-2)19(17)20(23)22-11-9-15(10-12-22)26-16-6-3-5-14(21)13-16/h3-8,13,15H,9-12H2,1-2H3. The first-order chi connectivity index (χ1) is 12.6. The van der Waals surface area contributed by atoms with Crippen LogP contribution in [0.15, 0.2) is 42.5 Å². The van der Waals surface area contributed by atoms with Gasteiger partial charge in [0.25, 0.3) is 5.91 Å². The van der Waals surface area contributed by atoms with E-state index in [2.05, 4.69) is 0 Å². The second kappa shape index (κ2) is 8.32. The van der Waals surface area contributed by atoms with Crippen molar-refractivity contribution in [3.8, 4) is 17.2 Å². The predicted octanol–water partition coefficient (Wildman–Crippen LogP) is 4.04. The highest BCUT2D eigenvalue weighted by Crippen LogP contribution is 2.31. The molecular formula is C20H22ClNO4. The van der Waals surface area contributed by atoms with Gasteiger partial charge in [-0.2, -0.15) is 0 Å². The van der Waals surface area contributed by atoms with Gasteiger partial charge in [-0.15, -0.1) is 0 Å². The molecule has 0 aliphatic carbocycles. The van der Waals surface area contributed by atoms with Gasteiger partial charge in [0, 0.05) is 31.0 Å². The largest absolute Gasteiger partial charge is 0.496 e. The van der Waals surface area contributed by atoms with Crippen molar-refractivity contribution in [2.45, 2.75) is 18.9 Å². The summed E-state index contributed by atoms with van der Waals surface area (Å²) in [5, 5.41) is 0.651. The molecule has 1 aliphatic heterocycles. The Morgan fingerprint density at radius 2 is 1.65 bits per heavy atom. The number of hydrogen-bond donors (Lipinski definition) is 0. The van der Waals surface area contributed by atoms with Gasteiger partial charge in [0.15, 0.2) is 0 Å². The zero-order valence-corrected chi connectivity index (χ0v) is 15.7. The van der Waals surface area contributed by atoms with Crippen molar-refractivity contribution < 1.29 is 19.0 Å². The van der Waals surface area contributed by atoms with E-state index in [0.717, 1.165) is 18.6 Å². The summed E-state index contributed by atoms with van der Waals surface area (Å²) in [6.45, 7) is 1.23. The molecule has 26 heavy (non-hydrogen) atoms. The summed E-state index contributed by atoms with van der Waals surface area (Å²) in [5.41, 5.74) is 0.465. The first-order valence-corrected chi connectivity index (χ1v) is 8.92. The van der Waals surface area contributed by atoms with E-state index in [0.29, 0.717) is 35.2 Å². The van der Waals surface area contributed by atoms with Crippen LogP contribution in [0.5, 0.6) is 17.2 Å². The minimum Gasteiger partial charge on any atom is -0.496 e. The molecule has 2 aromatic carbocycles. The van der Waals surface area contributed by atoms with Crippen molar-refractivity contribution in [3.05, 3.63) is 53.1 Å². The summed E-state index contributed by atoms with van der Waals surface area (Å²) < 4.78 is 16.7. The average molecular weight is 376 g/mol. The van der Waals surface area contributed by atoms with E-state index in [1.807, 2.05) is 23.1 Å². The number of piperidine rings is 1. The lowest BCUT2D eigenvalue weighted by Crippen LogP contribution is -2.42. The molecule has 1 fully saturated rings. The molecule has 0 aromatic heterocycles. The van der Waals surface area contributed by atoms with Gasteiger partial charge in [-0.25, -0.2) is 0 Å². The lowest BCUT2D eigenvalue weighted by molar-refractivity contribution is 0.0589. The Morgan fingerprint density at radius 1 is 1.04 bits per heavy atom. The molecule has 0 spiro atoms. The fourth-order valence-electron chi connectivity index (χ4n) is 3.13. The molecule has 6 heteroatoms. The van der Waals surface area contributed by atoms with Crippen LogP contribution in [0.4, 0.5) is 0 Å². The number of hydrogen-bond acceptors (Lipinski definition) is 4. The molecule has 0 N–H and O–H groups in total. The van der Waals surface area contributed by atoms with Crippen LogP contribution in [-0.4, -0.2) is 44.2 Å². The Hall–Kier alpha value is -2.40. The molecule has 1 amide bonds. The molecule has 0 bridgehead atoms. The summed E-state index contributed by atoms with van der Waals surface area (Å²) in [6, 6.07) is 12.7. The lowest BCUT2D eigenvalue weighted by atomic mass is 10.1. The Labute approximate surface area is 158 Å². The predicted molar refractivity (Wildman–Crippen MR) is 101 cm³/mol. The first kappa shape index (κ1) is 18.4. The van der Waals surface area contributed by atoms with Gasteiger partial charge in [0.05, 0.1) is 14.2 Å². The van der Waals surface area contributed by atoms with Gasteiger partial charge in [-0.1, -0.05) is 23.7 Å². The van der Waals surface area contributed by atoms with Crippen molar-refractivity contribution in [2.24, 2.45) is 0 Å². The number of ether oxygens (including phenoxy) is 3. The molecule has 0 unspecified atom stereocenters. The third kappa shape index (κ3) is 4.05. The maximum Gasteiger partial charge on any atom is 0.261 e. The number of amides is 1. The fraction of sp³-hybridized carbons (Fsp3) is 0.350. The van der Waals surface area contributed by atoms with Gasteiger partial charge in [0.1, 0.15) is 28.9 Å². The van der Waals surface area contributed by atoms with Crippen molar-refractivity contribution in [3.63, 3.8) is 0 Å². The monoisotopic (exact) mass is 375 g/mol. The number of rotatable bonds is 5. The third-order valence-electron chi connectivity index (χ3n) is 4.47. The number of carbonyl (C=O) groups excluding carboxylic acids is 1. The van der Waals surface area contributed by atoms with Crippen LogP contribution >= 0.6 is 11.6 Å². The summed E-state index contributed by atoms with van der Waals surface area (Å²) >= 11 is 6.00. The highest BCUT2D eigenvalue weighted by Gasteiger charge is 2.28. The van der Waals surface area contributed by atoms with Crippen molar-refractivity contribution in [1.82, 2.24) is 4.90 Å². The topological polar surface area (TPSA) is 48.0 Å². The highest BCUT2D eigenvalue weighted by molar-refractivity contribution is 6.30. The van der Waals surface area contributed by atoms with E-state index in [4.69, 9.17) is 25.8 Å². The van der Waals surface area contributed by atoms with Gasteiger partial charge >= 0.3 is 0 Å². The number of carbonyl (C=O) groups is 1. The molecule has 2 aromatic rings. The first-order valence-electron chi connectivity index (χ1n) is 8.55. The molecular weight excluding hydrogens is 354 g/mol. The quantitative estimate of drug-likeness (QED) is 0.791. The second-order valence-electron chi connectivity index (χ2n) is 6.10. The summed E-state index contributed by atoms with van der Waals surface area (Å²) in [6.07, 6.45) is 1.59. The number of likely N-dealkylation sites (tertiary alicyclic amines) is 1. The minimum atomic E-state index is -0.0829. The van der Waals surface area contributed by atoms with E-state index in [9.17, 15) is 4.79 Å². The van der Waals surface area contributed by atoms with E-state index in [1.54, 1.807) is 38.5 Å². The zero-order valence-electron chi connectivity index (χ0n) is 14.9. The number of benzene rings is 2. The summed E-state index contributed by atoms with van der Waals surface area (Å²) in [5.74, 6) is 1.72. The SMILES string of the molecule is COc1cccc(OC)c1C(=O)N1CCC(Oc2cccc(Cl)c2)CC1. The number of methoxy groups -OCH3 is 2. The smallest absolute Gasteiger partial charge is 0.261 e. The van der Waals surface area contributed by atoms with Crippen molar-refractivity contribution >= 4 is 17.5 Å². The molecule has 5 nitrogen and oxygen atoms in total. The number of nitrogens with zero attached hydrogens (tertiary/aromatic N) is 1. The normalized spacial score (nSPS) is 14.8. The van der Waals surface area contributed by atoms with Crippen LogP contribution in [0, 0.1) is 0 Å². The van der Waals surface area contributed by atoms with Gasteiger partial charge in [0.2, 0.25) is 0 Å². The highest BCUT2D eigenvalue weighted by atomic mass is 35.5. The maximum absolute atomic E-state index is 13.0. The van der Waals surface area contributed by atoms with Crippen LogP contribution < -0.4 is 14.2 Å². The molecule has 1 saturated heterocycles.